The molecule has 1 saturated heterocycles. The standard InChI is InChI=1S/C16H23ClN2O/c1-3-10-19(13-6-8-18-9-7-13)16(20)14-5-4-12(2)11-15(14)17/h4-5,11,13,18H,3,6-10H2,1-2H3. The van der Waals surface area contributed by atoms with E-state index < -0.39 is 0 Å². The first kappa shape index (κ1) is 15.3. The number of nitrogens with zero attached hydrogens (tertiary/aromatic N) is 1. The molecule has 1 N–H and O–H groups in total. The Morgan fingerprint density at radius 2 is 2.10 bits per heavy atom. The van der Waals surface area contributed by atoms with Gasteiger partial charge in [-0.1, -0.05) is 24.6 Å². The largest absolute Gasteiger partial charge is 0.336 e. The molecule has 20 heavy (non-hydrogen) atoms. The van der Waals surface area contributed by atoms with Crippen LogP contribution < -0.4 is 5.32 Å². The van der Waals surface area contributed by atoms with Crippen LogP contribution in [0.5, 0.6) is 0 Å². The van der Waals surface area contributed by atoms with Crippen LogP contribution in [0.15, 0.2) is 18.2 Å². The lowest BCUT2D eigenvalue weighted by Crippen LogP contribution is -2.46. The summed E-state index contributed by atoms with van der Waals surface area (Å²) < 4.78 is 0. The molecule has 0 spiro atoms. The highest BCUT2D eigenvalue weighted by molar-refractivity contribution is 6.33. The first-order valence-corrected chi connectivity index (χ1v) is 7.79. The Bertz CT molecular complexity index is 470. The molecule has 1 aromatic rings. The Morgan fingerprint density at radius 1 is 1.40 bits per heavy atom. The van der Waals surface area contributed by atoms with Gasteiger partial charge < -0.3 is 10.2 Å². The maximum atomic E-state index is 12.8. The van der Waals surface area contributed by atoms with Gasteiger partial charge in [-0.25, -0.2) is 0 Å². The third-order valence-corrected chi connectivity index (χ3v) is 4.14. The van der Waals surface area contributed by atoms with Crippen LogP contribution in [-0.2, 0) is 0 Å². The van der Waals surface area contributed by atoms with Crippen LogP contribution in [0.2, 0.25) is 5.02 Å². The van der Waals surface area contributed by atoms with Crippen molar-refractivity contribution < 1.29 is 4.79 Å². The van der Waals surface area contributed by atoms with E-state index in [9.17, 15) is 4.79 Å². The topological polar surface area (TPSA) is 32.3 Å². The smallest absolute Gasteiger partial charge is 0.255 e. The number of carbonyl (C=O) groups is 1. The number of carbonyl (C=O) groups excluding carboxylic acids is 1. The van der Waals surface area contributed by atoms with E-state index in [2.05, 4.69) is 12.2 Å². The molecule has 1 aliphatic rings. The van der Waals surface area contributed by atoms with Crippen LogP contribution in [0.3, 0.4) is 0 Å². The van der Waals surface area contributed by atoms with Crippen LogP contribution in [-0.4, -0.2) is 36.5 Å². The van der Waals surface area contributed by atoms with Gasteiger partial charge in [-0.3, -0.25) is 4.79 Å². The van der Waals surface area contributed by atoms with Crippen LogP contribution in [0, 0.1) is 6.92 Å². The first-order valence-electron chi connectivity index (χ1n) is 7.41. The molecule has 1 heterocycles. The molecule has 1 aliphatic heterocycles. The van der Waals surface area contributed by atoms with Crippen molar-refractivity contribution in [2.24, 2.45) is 0 Å². The molecular weight excluding hydrogens is 272 g/mol. The summed E-state index contributed by atoms with van der Waals surface area (Å²) in [7, 11) is 0. The molecule has 1 fully saturated rings. The quantitative estimate of drug-likeness (QED) is 0.924. The van der Waals surface area contributed by atoms with E-state index in [-0.39, 0.29) is 5.91 Å². The summed E-state index contributed by atoms with van der Waals surface area (Å²) in [6.45, 7) is 6.86. The van der Waals surface area contributed by atoms with Gasteiger partial charge in [0.2, 0.25) is 0 Å². The predicted octanol–water partition coefficient (Wildman–Crippen LogP) is 3.25. The van der Waals surface area contributed by atoms with Crippen molar-refractivity contribution in [3.05, 3.63) is 34.3 Å². The van der Waals surface area contributed by atoms with Crippen molar-refractivity contribution in [2.75, 3.05) is 19.6 Å². The molecule has 2 rings (SSSR count). The summed E-state index contributed by atoms with van der Waals surface area (Å²) in [5.41, 5.74) is 1.71. The Kier molecular flexibility index (Phi) is 5.44. The molecule has 0 unspecified atom stereocenters. The van der Waals surface area contributed by atoms with E-state index in [1.807, 2.05) is 30.0 Å². The zero-order valence-corrected chi connectivity index (χ0v) is 13.0. The lowest BCUT2D eigenvalue weighted by atomic mass is 10.0. The average molecular weight is 295 g/mol. The van der Waals surface area contributed by atoms with Crippen LogP contribution in [0.1, 0.15) is 42.1 Å². The van der Waals surface area contributed by atoms with Gasteiger partial charge in [0.05, 0.1) is 10.6 Å². The van der Waals surface area contributed by atoms with Crippen molar-refractivity contribution in [1.82, 2.24) is 10.2 Å². The van der Waals surface area contributed by atoms with Crippen molar-refractivity contribution in [1.29, 1.82) is 0 Å². The molecule has 1 aromatic carbocycles. The second-order valence-corrected chi connectivity index (χ2v) is 5.87. The van der Waals surface area contributed by atoms with Crippen molar-refractivity contribution >= 4 is 17.5 Å². The number of hydrogen-bond acceptors (Lipinski definition) is 2. The average Bonchev–Trinajstić information content (AvgIpc) is 2.45. The van der Waals surface area contributed by atoms with Crippen LogP contribution in [0.4, 0.5) is 0 Å². The van der Waals surface area contributed by atoms with Crippen molar-refractivity contribution in [3.63, 3.8) is 0 Å². The van der Waals surface area contributed by atoms with Gasteiger partial charge in [-0.15, -0.1) is 0 Å². The molecule has 0 bridgehead atoms. The Morgan fingerprint density at radius 3 is 2.70 bits per heavy atom. The number of nitrogens with one attached hydrogen (secondary N) is 1. The van der Waals surface area contributed by atoms with E-state index in [0.29, 0.717) is 16.6 Å². The number of halogens is 1. The normalized spacial score (nSPS) is 16.1. The number of hydrogen-bond donors (Lipinski definition) is 1. The van der Waals surface area contributed by atoms with Crippen LogP contribution in [0.25, 0.3) is 0 Å². The van der Waals surface area contributed by atoms with Crippen LogP contribution >= 0.6 is 11.6 Å². The van der Waals surface area contributed by atoms with Crippen molar-refractivity contribution in [3.8, 4) is 0 Å². The maximum absolute atomic E-state index is 12.8. The molecule has 0 atom stereocenters. The minimum absolute atomic E-state index is 0.0729. The van der Waals surface area contributed by atoms with Gasteiger partial charge in [0.25, 0.3) is 5.91 Å². The fourth-order valence-corrected chi connectivity index (χ4v) is 3.07. The Hall–Kier alpha value is -1.06. The number of amides is 1. The third kappa shape index (κ3) is 3.53. The molecule has 3 nitrogen and oxygen atoms in total. The zero-order valence-electron chi connectivity index (χ0n) is 12.3. The second-order valence-electron chi connectivity index (χ2n) is 5.46. The van der Waals surface area contributed by atoms with Gasteiger partial charge in [0.1, 0.15) is 0 Å². The molecular formula is C16H23ClN2O. The summed E-state index contributed by atoms with van der Waals surface area (Å²) in [5, 5.41) is 3.91. The molecule has 0 radical (unpaired) electrons. The summed E-state index contributed by atoms with van der Waals surface area (Å²) in [5.74, 6) is 0.0729. The number of aryl methyl sites for hydroxylation is 1. The lowest BCUT2D eigenvalue weighted by molar-refractivity contribution is 0.0643. The molecule has 1 amide bonds. The van der Waals surface area contributed by atoms with Gasteiger partial charge in [0.15, 0.2) is 0 Å². The number of benzene rings is 1. The molecule has 0 saturated carbocycles. The summed E-state index contributed by atoms with van der Waals surface area (Å²) in [4.78, 5) is 14.8. The van der Waals surface area contributed by atoms with E-state index in [0.717, 1.165) is 44.5 Å². The van der Waals surface area contributed by atoms with E-state index in [4.69, 9.17) is 11.6 Å². The summed E-state index contributed by atoms with van der Waals surface area (Å²) >= 11 is 6.25. The minimum atomic E-state index is 0.0729. The van der Waals surface area contributed by atoms with Gasteiger partial charge in [-0.05, 0) is 57.0 Å². The third-order valence-electron chi connectivity index (χ3n) is 3.83. The lowest BCUT2D eigenvalue weighted by Gasteiger charge is -2.34. The first-order chi connectivity index (χ1) is 9.63. The fraction of sp³-hybridized carbons (Fsp3) is 0.562. The van der Waals surface area contributed by atoms with Crippen molar-refractivity contribution in [2.45, 2.75) is 39.2 Å². The Balaban J connectivity index is 2.21. The second kappa shape index (κ2) is 7.09. The highest BCUT2D eigenvalue weighted by Gasteiger charge is 2.26. The monoisotopic (exact) mass is 294 g/mol. The van der Waals surface area contributed by atoms with Gasteiger partial charge in [-0.2, -0.15) is 0 Å². The highest BCUT2D eigenvalue weighted by atomic mass is 35.5. The molecule has 0 aliphatic carbocycles. The molecule has 4 heteroatoms. The maximum Gasteiger partial charge on any atom is 0.255 e. The van der Waals surface area contributed by atoms with E-state index in [1.165, 1.54) is 0 Å². The summed E-state index contributed by atoms with van der Waals surface area (Å²) in [6, 6.07) is 6.00. The van der Waals surface area contributed by atoms with Gasteiger partial charge >= 0.3 is 0 Å². The molecule has 110 valence electrons. The Labute approximate surface area is 126 Å². The van der Waals surface area contributed by atoms with E-state index in [1.54, 1.807) is 0 Å². The van der Waals surface area contributed by atoms with E-state index >= 15 is 0 Å². The minimum Gasteiger partial charge on any atom is -0.336 e. The molecule has 0 aromatic heterocycles. The fourth-order valence-electron chi connectivity index (χ4n) is 2.76. The predicted molar refractivity (Wildman–Crippen MR) is 83.4 cm³/mol. The number of rotatable bonds is 4. The summed E-state index contributed by atoms with van der Waals surface area (Å²) in [6.07, 6.45) is 3.02. The highest BCUT2D eigenvalue weighted by Crippen LogP contribution is 2.22. The zero-order chi connectivity index (χ0) is 14.5. The van der Waals surface area contributed by atoms with Gasteiger partial charge in [0, 0.05) is 12.6 Å². The SMILES string of the molecule is CCCN(C(=O)c1ccc(C)cc1Cl)C1CCNCC1. The number of piperidine rings is 1.